The van der Waals surface area contributed by atoms with Crippen LogP contribution in [-0.2, 0) is 20.0 Å². The minimum atomic E-state index is -3.71. The summed E-state index contributed by atoms with van der Waals surface area (Å²) in [7, 11) is -6.86. The number of hydrogen-bond acceptors (Lipinski definition) is 9. The van der Waals surface area contributed by atoms with Crippen LogP contribution in [0.4, 0.5) is 15.9 Å². The fraction of sp³-hybridized carbons (Fsp3) is 0.643. The Balaban J connectivity index is 1.16. The van der Waals surface area contributed by atoms with Gasteiger partial charge in [0.15, 0.2) is 17.3 Å². The molecule has 3 heterocycles. The summed E-state index contributed by atoms with van der Waals surface area (Å²) in [6, 6.07) is 3.78. The van der Waals surface area contributed by atoms with E-state index in [4.69, 9.17) is 4.74 Å². The van der Waals surface area contributed by atoms with Crippen LogP contribution in [0.25, 0.3) is 0 Å². The second kappa shape index (κ2) is 12.2. The van der Waals surface area contributed by atoms with E-state index < -0.39 is 31.1 Å². The van der Waals surface area contributed by atoms with Crippen molar-refractivity contribution in [1.29, 1.82) is 0 Å². The maximum Gasteiger partial charge on any atom is 0.235 e. The molecule has 42 heavy (non-hydrogen) atoms. The molecule has 11 nitrogen and oxygen atoms in total. The topological polar surface area (TPSA) is 134 Å². The van der Waals surface area contributed by atoms with Gasteiger partial charge in [-0.25, -0.2) is 35.9 Å². The number of likely N-dealkylation sites (tertiary alicyclic amines) is 1. The maximum atomic E-state index is 14.0. The number of nitrogens with zero attached hydrogens (tertiary/aromatic N) is 4. The summed E-state index contributed by atoms with van der Waals surface area (Å²) < 4.78 is 73.3. The number of sulfonamides is 2. The molecule has 1 aliphatic carbocycles. The van der Waals surface area contributed by atoms with Crippen LogP contribution >= 0.6 is 0 Å². The van der Waals surface area contributed by atoms with Crippen molar-refractivity contribution in [2.45, 2.75) is 63.7 Å². The number of rotatable bonds is 10. The molecule has 14 heteroatoms. The van der Waals surface area contributed by atoms with Crippen molar-refractivity contribution in [2.24, 2.45) is 11.3 Å². The van der Waals surface area contributed by atoms with Gasteiger partial charge in [-0.1, -0.05) is 0 Å². The summed E-state index contributed by atoms with van der Waals surface area (Å²) >= 11 is 0. The zero-order valence-corrected chi connectivity index (χ0v) is 26.1. The summed E-state index contributed by atoms with van der Waals surface area (Å²) in [5.74, 6) is 1.20. The fourth-order valence-corrected chi connectivity index (χ4v) is 7.79. The van der Waals surface area contributed by atoms with Crippen LogP contribution in [0.1, 0.15) is 52.4 Å². The Kier molecular flexibility index (Phi) is 8.98. The average molecular weight is 625 g/mol. The highest BCUT2D eigenvalue weighted by Gasteiger charge is 2.46. The standard InChI is InChI=1S/C28H41FN6O5S2/c1-20(2)42(38,39)33-24-14-22(29)6-9-25(24)40-26-15-30-19-31-27(26)35-17-28(18-35)10-12-34(13-11-28)16-21-4-7-23(8-5-21)32-41(3,36)37/h6,9,14-15,19-21,23,32-33H,4-5,7-8,10-13,16-18H2,1-3H3/t21-,23-. The smallest absolute Gasteiger partial charge is 0.235 e. The molecule has 2 saturated heterocycles. The second-order valence-corrected chi connectivity index (χ2v) is 16.4. The highest BCUT2D eigenvalue weighted by molar-refractivity contribution is 7.93. The summed E-state index contributed by atoms with van der Waals surface area (Å²) in [5.41, 5.74) is 0.232. The molecule has 0 unspecified atom stereocenters. The third-order valence-corrected chi connectivity index (χ3v) is 11.2. The van der Waals surface area contributed by atoms with Gasteiger partial charge in [0, 0.05) is 37.2 Å². The van der Waals surface area contributed by atoms with Crippen LogP contribution in [0.15, 0.2) is 30.7 Å². The third-order valence-electron chi connectivity index (χ3n) is 8.71. The van der Waals surface area contributed by atoms with Gasteiger partial charge >= 0.3 is 0 Å². The van der Waals surface area contributed by atoms with E-state index in [1.165, 1.54) is 24.7 Å². The van der Waals surface area contributed by atoms with Crippen LogP contribution in [0.2, 0.25) is 0 Å². The summed E-state index contributed by atoms with van der Waals surface area (Å²) in [6.45, 7) is 7.91. The largest absolute Gasteiger partial charge is 0.450 e. The predicted octanol–water partition coefficient (Wildman–Crippen LogP) is 3.57. The van der Waals surface area contributed by atoms with Crippen molar-refractivity contribution < 1.29 is 26.0 Å². The second-order valence-electron chi connectivity index (χ2n) is 12.4. The Hall–Kier alpha value is -2.55. The third kappa shape index (κ3) is 7.50. The highest BCUT2D eigenvalue weighted by atomic mass is 32.2. The number of ether oxygens (including phenoxy) is 1. The lowest BCUT2D eigenvalue weighted by atomic mass is 9.71. The van der Waals surface area contributed by atoms with E-state index in [0.29, 0.717) is 17.5 Å². The molecule has 0 amide bonds. The monoisotopic (exact) mass is 624 g/mol. The lowest BCUT2D eigenvalue weighted by Crippen LogP contribution is -2.61. The van der Waals surface area contributed by atoms with Gasteiger partial charge in [-0.3, -0.25) is 4.72 Å². The van der Waals surface area contributed by atoms with Gasteiger partial charge < -0.3 is 14.5 Å². The molecule has 0 radical (unpaired) electrons. The first-order valence-electron chi connectivity index (χ1n) is 14.5. The van der Waals surface area contributed by atoms with Crippen molar-refractivity contribution in [1.82, 2.24) is 19.6 Å². The summed E-state index contributed by atoms with van der Waals surface area (Å²) in [6.07, 6.45) is 10.3. The molecule has 2 aliphatic heterocycles. The quantitative estimate of drug-likeness (QED) is 0.407. The van der Waals surface area contributed by atoms with Crippen LogP contribution in [0.3, 0.4) is 0 Å². The summed E-state index contributed by atoms with van der Waals surface area (Å²) in [4.78, 5) is 13.3. The van der Waals surface area contributed by atoms with Crippen molar-refractivity contribution in [2.75, 3.05) is 48.6 Å². The SMILES string of the molecule is CC(C)S(=O)(=O)Nc1cc(F)ccc1Oc1cncnc1N1CC2(CCN(C[C@H]3CC[C@H](NS(C)(=O)=O)CC3)CC2)C1. The Morgan fingerprint density at radius 1 is 1.07 bits per heavy atom. The molecule has 1 aromatic heterocycles. The van der Waals surface area contributed by atoms with Crippen molar-refractivity contribution in [3.8, 4) is 11.5 Å². The minimum Gasteiger partial charge on any atom is -0.450 e. The van der Waals surface area contributed by atoms with Gasteiger partial charge in [0.1, 0.15) is 12.1 Å². The van der Waals surface area contributed by atoms with E-state index in [9.17, 15) is 21.2 Å². The number of piperidine rings is 1. The van der Waals surface area contributed by atoms with E-state index in [0.717, 1.165) is 77.3 Å². The Labute approximate surface area is 248 Å². The van der Waals surface area contributed by atoms with E-state index in [2.05, 4.69) is 29.2 Å². The van der Waals surface area contributed by atoms with Gasteiger partial charge in [0.05, 0.1) is 23.4 Å². The van der Waals surface area contributed by atoms with E-state index >= 15 is 0 Å². The van der Waals surface area contributed by atoms with Crippen LogP contribution < -0.4 is 19.1 Å². The van der Waals surface area contributed by atoms with Gasteiger partial charge in [-0.15, -0.1) is 0 Å². The number of nitrogens with one attached hydrogen (secondary N) is 2. The zero-order valence-electron chi connectivity index (χ0n) is 24.4. The first kappa shape index (κ1) is 30.9. The highest BCUT2D eigenvalue weighted by Crippen LogP contribution is 2.45. The Bertz CT molecular complexity index is 1470. The normalized spacial score (nSPS) is 23.1. The molecule has 0 atom stereocenters. The first-order valence-corrected chi connectivity index (χ1v) is 18.0. The molecular formula is C28H41FN6O5S2. The van der Waals surface area contributed by atoms with Crippen LogP contribution in [0, 0.1) is 17.2 Å². The van der Waals surface area contributed by atoms with E-state index in [1.807, 2.05) is 0 Å². The van der Waals surface area contributed by atoms with Crippen LogP contribution in [-0.4, -0.2) is 82.0 Å². The number of aromatic nitrogens is 2. The van der Waals surface area contributed by atoms with Gasteiger partial charge in [-0.05, 0) is 83.5 Å². The van der Waals surface area contributed by atoms with Gasteiger partial charge in [0.2, 0.25) is 20.0 Å². The molecule has 3 aliphatic rings. The van der Waals surface area contributed by atoms with E-state index in [-0.39, 0.29) is 22.9 Å². The maximum absolute atomic E-state index is 14.0. The predicted molar refractivity (Wildman–Crippen MR) is 160 cm³/mol. The molecule has 2 N–H and O–H groups in total. The number of benzene rings is 1. The number of halogens is 1. The molecule has 1 saturated carbocycles. The van der Waals surface area contributed by atoms with Crippen molar-refractivity contribution in [3.05, 3.63) is 36.5 Å². The lowest BCUT2D eigenvalue weighted by Gasteiger charge is -2.54. The molecule has 2 aromatic rings. The minimum absolute atomic E-state index is 0.0195. The van der Waals surface area contributed by atoms with Gasteiger partial charge in [-0.2, -0.15) is 0 Å². The molecule has 5 rings (SSSR count). The first-order chi connectivity index (χ1) is 19.8. The van der Waals surface area contributed by atoms with Gasteiger partial charge in [0.25, 0.3) is 0 Å². The number of anilines is 2. The van der Waals surface area contributed by atoms with Crippen molar-refractivity contribution in [3.63, 3.8) is 0 Å². The van der Waals surface area contributed by atoms with E-state index in [1.54, 1.807) is 20.0 Å². The lowest BCUT2D eigenvalue weighted by molar-refractivity contribution is 0.0618. The zero-order chi connectivity index (χ0) is 30.1. The Morgan fingerprint density at radius 3 is 2.40 bits per heavy atom. The molecule has 3 fully saturated rings. The molecule has 0 bridgehead atoms. The summed E-state index contributed by atoms with van der Waals surface area (Å²) in [5, 5.41) is -0.702. The average Bonchev–Trinajstić information content (AvgIpc) is 2.90. The molecule has 232 valence electrons. The van der Waals surface area contributed by atoms with Crippen LogP contribution in [0.5, 0.6) is 11.5 Å². The molecular weight excluding hydrogens is 583 g/mol. The molecule has 1 aromatic carbocycles. The Morgan fingerprint density at radius 2 is 1.76 bits per heavy atom. The molecule has 1 spiro atoms. The van der Waals surface area contributed by atoms with Crippen molar-refractivity contribution >= 4 is 31.6 Å². The fourth-order valence-electron chi connectivity index (χ4n) is 6.25. The number of hydrogen-bond donors (Lipinski definition) is 2.